The van der Waals surface area contributed by atoms with Crippen LogP contribution in [0, 0.1) is 0 Å². The molecule has 0 spiro atoms. The van der Waals surface area contributed by atoms with E-state index in [0.29, 0.717) is 5.92 Å². The Morgan fingerprint density at radius 2 is 1.89 bits per heavy atom. The number of ether oxygens (including phenoxy) is 1. The first-order valence-electron chi connectivity index (χ1n) is 10.4. The molecular formula is C24H30N2O2. The van der Waals surface area contributed by atoms with Crippen LogP contribution in [0.4, 0.5) is 0 Å². The highest BCUT2D eigenvalue weighted by molar-refractivity contribution is 5.94. The average molecular weight is 379 g/mol. The molecule has 4 nitrogen and oxygen atoms in total. The number of methoxy groups -OCH3 is 1. The molecule has 148 valence electrons. The number of hydrogen-bond donors (Lipinski definition) is 1. The molecule has 0 aliphatic carbocycles. The molecule has 2 aromatic rings. The Balaban J connectivity index is 1.45. The minimum atomic E-state index is -0.284. The maximum Gasteiger partial charge on any atom is 0.253 e. The molecule has 0 aromatic heterocycles. The zero-order chi connectivity index (χ0) is 19.4. The zero-order valence-corrected chi connectivity index (χ0v) is 16.7. The van der Waals surface area contributed by atoms with Gasteiger partial charge in [0.25, 0.3) is 5.91 Å². The summed E-state index contributed by atoms with van der Waals surface area (Å²) in [6.45, 7) is 3.55. The predicted molar refractivity (Wildman–Crippen MR) is 112 cm³/mol. The highest BCUT2D eigenvalue weighted by atomic mass is 16.5. The Kier molecular flexibility index (Phi) is 5.79. The van der Waals surface area contributed by atoms with Gasteiger partial charge in [-0.05, 0) is 61.4 Å². The van der Waals surface area contributed by atoms with Crippen molar-refractivity contribution < 1.29 is 9.53 Å². The molecule has 1 N–H and O–H groups in total. The monoisotopic (exact) mass is 378 g/mol. The lowest BCUT2D eigenvalue weighted by Crippen LogP contribution is -2.46. The van der Waals surface area contributed by atoms with Crippen LogP contribution in [0.3, 0.4) is 0 Å². The number of benzene rings is 2. The summed E-state index contributed by atoms with van der Waals surface area (Å²) < 4.78 is 5.95. The van der Waals surface area contributed by atoms with Gasteiger partial charge in [0.1, 0.15) is 0 Å². The SMILES string of the molecule is COC1(c2ccccc2)CCN(C(=O)c2cccc([C@H]3CCCNC3)c2)CC1. The topological polar surface area (TPSA) is 41.6 Å². The zero-order valence-electron chi connectivity index (χ0n) is 16.7. The smallest absolute Gasteiger partial charge is 0.253 e. The third-order valence-electron chi connectivity index (χ3n) is 6.45. The number of nitrogens with zero attached hydrogens (tertiary/aromatic N) is 1. The molecule has 2 aliphatic rings. The Morgan fingerprint density at radius 3 is 2.57 bits per heavy atom. The number of amides is 1. The van der Waals surface area contributed by atoms with Gasteiger partial charge in [-0.15, -0.1) is 0 Å². The minimum absolute atomic E-state index is 0.142. The molecule has 1 amide bonds. The van der Waals surface area contributed by atoms with Crippen LogP contribution in [-0.2, 0) is 10.3 Å². The first-order chi connectivity index (χ1) is 13.7. The van der Waals surface area contributed by atoms with Crippen LogP contribution in [-0.4, -0.2) is 44.1 Å². The first kappa shape index (κ1) is 19.2. The van der Waals surface area contributed by atoms with Crippen molar-refractivity contribution in [2.75, 3.05) is 33.3 Å². The molecular weight excluding hydrogens is 348 g/mol. The lowest BCUT2D eigenvalue weighted by molar-refractivity contribution is -0.0574. The normalized spacial score (nSPS) is 22.0. The van der Waals surface area contributed by atoms with Gasteiger partial charge in [-0.2, -0.15) is 0 Å². The Bertz CT molecular complexity index is 791. The van der Waals surface area contributed by atoms with Crippen LogP contribution >= 0.6 is 0 Å². The summed E-state index contributed by atoms with van der Waals surface area (Å²) in [7, 11) is 1.78. The van der Waals surface area contributed by atoms with E-state index in [4.69, 9.17) is 4.74 Å². The minimum Gasteiger partial charge on any atom is -0.373 e. The lowest BCUT2D eigenvalue weighted by atomic mass is 9.84. The van der Waals surface area contributed by atoms with E-state index in [1.165, 1.54) is 24.0 Å². The highest BCUT2D eigenvalue weighted by Gasteiger charge is 2.37. The van der Waals surface area contributed by atoms with Crippen LogP contribution in [0.25, 0.3) is 0 Å². The van der Waals surface area contributed by atoms with Crippen molar-refractivity contribution in [3.63, 3.8) is 0 Å². The summed E-state index contributed by atoms with van der Waals surface area (Å²) in [5.41, 5.74) is 3.02. The Morgan fingerprint density at radius 1 is 1.11 bits per heavy atom. The van der Waals surface area contributed by atoms with E-state index < -0.39 is 0 Å². The molecule has 4 heteroatoms. The molecule has 2 fully saturated rings. The summed E-state index contributed by atoms with van der Waals surface area (Å²) >= 11 is 0. The van der Waals surface area contributed by atoms with Crippen molar-refractivity contribution >= 4 is 5.91 Å². The van der Waals surface area contributed by atoms with E-state index in [0.717, 1.165) is 44.6 Å². The molecule has 0 radical (unpaired) electrons. The van der Waals surface area contributed by atoms with Crippen molar-refractivity contribution in [2.24, 2.45) is 0 Å². The highest BCUT2D eigenvalue weighted by Crippen LogP contribution is 2.36. The number of nitrogens with one attached hydrogen (secondary N) is 1. The molecule has 28 heavy (non-hydrogen) atoms. The van der Waals surface area contributed by atoms with Crippen LogP contribution < -0.4 is 5.32 Å². The molecule has 2 saturated heterocycles. The molecule has 0 saturated carbocycles. The summed E-state index contributed by atoms with van der Waals surface area (Å²) in [6.07, 6.45) is 4.05. The maximum absolute atomic E-state index is 13.1. The van der Waals surface area contributed by atoms with Crippen molar-refractivity contribution in [1.29, 1.82) is 0 Å². The van der Waals surface area contributed by atoms with Crippen LogP contribution in [0.1, 0.15) is 53.1 Å². The lowest BCUT2D eigenvalue weighted by Gasteiger charge is -2.41. The number of piperidine rings is 2. The fourth-order valence-electron chi connectivity index (χ4n) is 4.67. The summed E-state index contributed by atoms with van der Waals surface area (Å²) in [6, 6.07) is 18.7. The van der Waals surface area contributed by atoms with Gasteiger partial charge in [-0.1, -0.05) is 42.5 Å². The quantitative estimate of drug-likeness (QED) is 0.876. The second kappa shape index (κ2) is 8.46. The van der Waals surface area contributed by atoms with Gasteiger partial charge in [0.2, 0.25) is 0 Å². The maximum atomic E-state index is 13.1. The van der Waals surface area contributed by atoms with Gasteiger partial charge < -0.3 is 15.0 Å². The summed E-state index contributed by atoms with van der Waals surface area (Å²) in [4.78, 5) is 15.1. The first-order valence-corrected chi connectivity index (χ1v) is 10.4. The summed E-state index contributed by atoms with van der Waals surface area (Å²) in [5.74, 6) is 0.658. The Labute approximate surface area is 167 Å². The number of likely N-dealkylation sites (tertiary alicyclic amines) is 1. The van der Waals surface area contributed by atoms with Crippen molar-refractivity contribution in [3.8, 4) is 0 Å². The number of carbonyl (C=O) groups is 1. The van der Waals surface area contributed by atoms with E-state index in [1.807, 2.05) is 23.1 Å². The largest absolute Gasteiger partial charge is 0.373 e. The molecule has 0 unspecified atom stereocenters. The van der Waals surface area contributed by atoms with Crippen molar-refractivity contribution in [2.45, 2.75) is 37.2 Å². The second-order valence-electron chi connectivity index (χ2n) is 8.03. The molecule has 2 aromatic carbocycles. The van der Waals surface area contributed by atoms with Crippen LogP contribution in [0.2, 0.25) is 0 Å². The van der Waals surface area contributed by atoms with Gasteiger partial charge in [0.15, 0.2) is 0 Å². The second-order valence-corrected chi connectivity index (χ2v) is 8.03. The van der Waals surface area contributed by atoms with E-state index in [2.05, 4.69) is 41.7 Å². The van der Waals surface area contributed by atoms with E-state index >= 15 is 0 Å². The van der Waals surface area contributed by atoms with E-state index in [9.17, 15) is 4.79 Å². The molecule has 1 atom stereocenters. The predicted octanol–water partition coefficient (Wildman–Crippen LogP) is 3.93. The third kappa shape index (κ3) is 3.85. The fraction of sp³-hybridized carbons (Fsp3) is 0.458. The van der Waals surface area contributed by atoms with Gasteiger partial charge in [0, 0.05) is 32.3 Å². The molecule has 2 heterocycles. The van der Waals surface area contributed by atoms with Crippen LogP contribution in [0.15, 0.2) is 54.6 Å². The average Bonchev–Trinajstić information content (AvgIpc) is 2.80. The molecule has 4 rings (SSSR count). The van der Waals surface area contributed by atoms with Gasteiger partial charge in [-0.3, -0.25) is 4.79 Å². The van der Waals surface area contributed by atoms with E-state index in [1.54, 1.807) is 7.11 Å². The number of hydrogen-bond acceptors (Lipinski definition) is 3. The van der Waals surface area contributed by atoms with Gasteiger partial charge in [0.05, 0.1) is 5.60 Å². The fourth-order valence-corrected chi connectivity index (χ4v) is 4.67. The number of rotatable bonds is 4. The van der Waals surface area contributed by atoms with Crippen molar-refractivity contribution in [1.82, 2.24) is 10.2 Å². The molecule has 2 aliphatic heterocycles. The van der Waals surface area contributed by atoms with Crippen molar-refractivity contribution in [3.05, 3.63) is 71.3 Å². The Hall–Kier alpha value is -2.17. The van der Waals surface area contributed by atoms with Crippen LogP contribution in [0.5, 0.6) is 0 Å². The standard InChI is InChI=1S/C24H30N2O2/c1-28-24(22-10-3-2-4-11-22)12-15-26(16-13-24)23(27)20-8-5-7-19(17-20)21-9-6-14-25-18-21/h2-5,7-8,10-11,17,21,25H,6,9,12-16,18H2,1H3/t21-/m0/s1. The summed E-state index contributed by atoms with van der Waals surface area (Å²) in [5, 5.41) is 3.47. The molecule has 0 bridgehead atoms. The van der Waals surface area contributed by atoms with Gasteiger partial charge >= 0.3 is 0 Å². The third-order valence-corrected chi connectivity index (χ3v) is 6.45. The van der Waals surface area contributed by atoms with Gasteiger partial charge in [-0.25, -0.2) is 0 Å². The number of carbonyl (C=O) groups excluding carboxylic acids is 1. The van der Waals surface area contributed by atoms with E-state index in [-0.39, 0.29) is 11.5 Å².